The largest absolute Gasteiger partial charge is 0.370 e. The van der Waals surface area contributed by atoms with Gasteiger partial charge >= 0.3 is 0 Å². The Morgan fingerprint density at radius 1 is 1.30 bits per heavy atom. The normalized spacial score (nSPS) is 22.3. The maximum absolute atomic E-state index is 11.4. The van der Waals surface area contributed by atoms with Crippen LogP contribution in [0.5, 0.6) is 0 Å². The molecule has 1 aliphatic carbocycles. The van der Waals surface area contributed by atoms with Crippen molar-refractivity contribution in [1.29, 1.82) is 0 Å². The third kappa shape index (κ3) is 5.51. The van der Waals surface area contributed by atoms with Crippen LogP contribution in [0.3, 0.4) is 0 Å². The SMILES string of the molecule is Cc1ccc(NC(N)=NCC2CCCC2NS(C)(=O)=O)cc1C. The van der Waals surface area contributed by atoms with Gasteiger partial charge in [-0.2, -0.15) is 0 Å². The van der Waals surface area contributed by atoms with Gasteiger partial charge in [0.1, 0.15) is 0 Å². The molecule has 1 aromatic carbocycles. The first kappa shape index (κ1) is 17.7. The van der Waals surface area contributed by atoms with Crippen molar-refractivity contribution < 1.29 is 8.42 Å². The average molecular weight is 338 g/mol. The fraction of sp³-hybridized carbons (Fsp3) is 0.562. The summed E-state index contributed by atoms with van der Waals surface area (Å²) in [6.07, 6.45) is 4.03. The maximum Gasteiger partial charge on any atom is 0.208 e. The second-order valence-electron chi connectivity index (χ2n) is 6.34. The monoisotopic (exact) mass is 338 g/mol. The second-order valence-corrected chi connectivity index (χ2v) is 8.12. The minimum absolute atomic E-state index is 0.0387. The van der Waals surface area contributed by atoms with E-state index in [2.05, 4.69) is 22.0 Å². The molecule has 1 fully saturated rings. The van der Waals surface area contributed by atoms with Crippen LogP contribution in [-0.2, 0) is 10.0 Å². The number of aliphatic imine (C=N–C) groups is 1. The summed E-state index contributed by atoms with van der Waals surface area (Å²) in [4.78, 5) is 4.38. The van der Waals surface area contributed by atoms with Crippen LogP contribution in [0, 0.1) is 19.8 Å². The summed E-state index contributed by atoms with van der Waals surface area (Å²) in [7, 11) is -3.18. The Balaban J connectivity index is 1.94. The number of anilines is 1. The van der Waals surface area contributed by atoms with Crippen LogP contribution in [0.25, 0.3) is 0 Å². The standard InChI is InChI=1S/C16H26N4O2S/c1-11-7-8-14(9-12(11)2)19-16(17)18-10-13-5-4-6-15(13)20-23(3,21)22/h7-9,13,15,20H,4-6,10H2,1-3H3,(H3,17,18,19). The van der Waals surface area contributed by atoms with Crippen LogP contribution in [0.4, 0.5) is 5.69 Å². The topological polar surface area (TPSA) is 96.6 Å². The molecule has 0 bridgehead atoms. The van der Waals surface area contributed by atoms with Crippen molar-refractivity contribution in [2.45, 2.75) is 39.2 Å². The highest BCUT2D eigenvalue weighted by atomic mass is 32.2. The zero-order chi connectivity index (χ0) is 17.0. The first-order chi connectivity index (χ1) is 10.7. The maximum atomic E-state index is 11.4. The quantitative estimate of drug-likeness (QED) is 0.563. The molecule has 7 heteroatoms. The molecule has 0 heterocycles. The van der Waals surface area contributed by atoms with Crippen molar-refractivity contribution in [3.63, 3.8) is 0 Å². The van der Waals surface area contributed by atoms with E-state index in [-0.39, 0.29) is 12.0 Å². The van der Waals surface area contributed by atoms with Crippen LogP contribution >= 0.6 is 0 Å². The van der Waals surface area contributed by atoms with Gasteiger partial charge in [0.15, 0.2) is 5.96 Å². The summed E-state index contributed by atoms with van der Waals surface area (Å²) < 4.78 is 25.5. The Morgan fingerprint density at radius 2 is 2.04 bits per heavy atom. The highest BCUT2D eigenvalue weighted by Crippen LogP contribution is 2.26. The zero-order valence-corrected chi connectivity index (χ0v) is 14.8. The first-order valence-corrected chi connectivity index (χ1v) is 9.75. The van der Waals surface area contributed by atoms with Gasteiger partial charge in [-0.1, -0.05) is 12.5 Å². The number of hydrogen-bond donors (Lipinski definition) is 3. The van der Waals surface area contributed by atoms with Gasteiger partial charge in [-0.3, -0.25) is 4.99 Å². The molecule has 0 saturated heterocycles. The number of guanidine groups is 1. The Morgan fingerprint density at radius 3 is 2.70 bits per heavy atom. The van der Waals surface area contributed by atoms with E-state index < -0.39 is 10.0 Å². The van der Waals surface area contributed by atoms with Crippen molar-refractivity contribution in [1.82, 2.24) is 4.72 Å². The van der Waals surface area contributed by atoms with E-state index >= 15 is 0 Å². The molecule has 6 nitrogen and oxygen atoms in total. The molecular weight excluding hydrogens is 312 g/mol. The lowest BCUT2D eigenvalue weighted by molar-refractivity contribution is 0.455. The van der Waals surface area contributed by atoms with Crippen LogP contribution in [0.2, 0.25) is 0 Å². The smallest absolute Gasteiger partial charge is 0.208 e. The molecule has 128 valence electrons. The summed E-state index contributed by atoms with van der Waals surface area (Å²) in [5.41, 5.74) is 9.27. The van der Waals surface area contributed by atoms with E-state index in [0.29, 0.717) is 12.5 Å². The molecule has 2 rings (SSSR count). The number of benzene rings is 1. The number of aryl methyl sites for hydroxylation is 2. The Labute approximate surface area is 138 Å². The highest BCUT2D eigenvalue weighted by Gasteiger charge is 2.29. The molecule has 1 aromatic rings. The van der Waals surface area contributed by atoms with E-state index in [1.807, 2.05) is 25.1 Å². The van der Waals surface area contributed by atoms with Crippen LogP contribution in [-0.4, -0.2) is 33.2 Å². The molecule has 0 aliphatic heterocycles. The summed E-state index contributed by atoms with van der Waals surface area (Å²) in [6.45, 7) is 4.64. The Kier molecular flexibility index (Phi) is 5.64. The van der Waals surface area contributed by atoms with E-state index in [9.17, 15) is 8.42 Å². The van der Waals surface area contributed by atoms with E-state index in [1.165, 1.54) is 17.4 Å². The lowest BCUT2D eigenvalue weighted by atomic mass is 10.1. The third-order valence-corrected chi connectivity index (χ3v) is 5.03. The van der Waals surface area contributed by atoms with Crippen LogP contribution in [0.1, 0.15) is 30.4 Å². The van der Waals surface area contributed by atoms with E-state index in [4.69, 9.17) is 5.73 Å². The third-order valence-electron chi connectivity index (χ3n) is 4.30. The molecule has 0 aromatic heterocycles. The molecule has 2 unspecified atom stereocenters. The molecule has 0 spiro atoms. The van der Waals surface area contributed by atoms with Gasteiger partial charge in [-0.25, -0.2) is 13.1 Å². The number of nitrogens with two attached hydrogens (primary N) is 1. The van der Waals surface area contributed by atoms with Crippen molar-refractivity contribution in [2.24, 2.45) is 16.6 Å². The molecule has 1 aliphatic rings. The molecule has 0 radical (unpaired) electrons. The minimum atomic E-state index is -3.18. The first-order valence-electron chi connectivity index (χ1n) is 7.86. The fourth-order valence-electron chi connectivity index (χ4n) is 2.91. The summed E-state index contributed by atoms with van der Waals surface area (Å²) in [5, 5.41) is 3.09. The van der Waals surface area contributed by atoms with Crippen molar-refractivity contribution in [2.75, 3.05) is 18.1 Å². The van der Waals surface area contributed by atoms with Gasteiger partial charge < -0.3 is 11.1 Å². The number of nitrogens with one attached hydrogen (secondary N) is 2. The molecule has 1 saturated carbocycles. The number of hydrogen-bond acceptors (Lipinski definition) is 3. The molecule has 23 heavy (non-hydrogen) atoms. The summed E-state index contributed by atoms with van der Waals surface area (Å²) in [5.74, 6) is 0.558. The molecule has 4 N–H and O–H groups in total. The molecular formula is C16H26N4O2S. The summed E-state index contributed by atoms with van der Waals surface area (Å²) >= 11 is 0. The van der Waals surface area contributed by atoms with Gasteiger partial charge in [0.25, 0.3) is 0 Å². The minimum Gasteiger partial charge on any atom is -0.370 e. The van der Waals surface area contributed by atoms with Gasteiger partial charge in [0.2, 0.25) is 10.0 Å². The highest BCUT2D eigenvalue weighted by molar-refractivity contribution is 7.88. The predicted octanol–water partition coefficient (Wildman–Crippen LogP) is 1.75. The van der Waals surface area contributed by atoms with Crippen molar-refractivity contribution >= 4 is 21.7 Å². The number of rotatable bonds is 5. The van der Waals surface area contributed by atoms with Crippen LogP contribution in [0.15, 0.2) is 23.2 Å². The Hall–Kier alpha value is -1.60. The predicted molar refractivity (Wildman–Crippen MR) is 95.1 cm³/mol. The Bertz CT molecular complexity index is 685. The number of nitrogens with zero attached hydrogens (tertiary/aromatic N) is 1. The van der Waals surface area contributed by atoms with Gasteiger partial charge in [-0.05, 0) is 55.9 Å². The van der Waals surface area contributed by atoms with E-state index in [1.54, 1.807) is 0 Å². The van der Waals surface area contributed by atoms with Gasteiger partial charge in [0.05, 0.1) is 6.26 Å². The zero-order valence-electron chi connectivity index (χ0n) is 14.0. The second kappa shape index (κ2) is 7.31. The van der Waals surface area contributed by atoms with Gasteiger partial charge in [0, 0.05) is 18.3 Å². The van der Waals surface area contributed by atoms with Gasteiger partial charge in [-0.15, -0.1) is 0 Å². The number of sulfonamides is 1. The molecule has 2 atom stereocenters. The van der Waals surface area contributed by atoms with Crippen LogP contribution < -0.4 is 15.8 Å². The average Bonchev–Trinajstić information content (AvgIpc) is 2.86. The summed E-state index contributed by atoms with van der Waals surface area (Å²) in [6, 6.07) is 5.99. The van der Waals surface area contributed by atoms with E-state index in [0.717, 1.165) is 24.9 Å². The van der Waals surface area contributed by atoms with Crippen molar-refractivity contribution in [3.8, 4) is 0 Å². The van der Waals surface area contributed by atoms with Crippen molar-refractivity contribution in [3.05, 3.63) is 29.3 Å². The lowest BCUT2D eigenvalue weighted by Crippen LogP contribution is -2.38. The fourth-order valence-corrected chi connectivity index (χ4v) is 3.77. The lowest BCUT2D eigenvalue weighted by Gasteiger charge is -2.18. The molecule has 0 amide bonds.